The van der Waals surface area contributed by atoms with Crippen molar-refractivity contribution in [3.8, 4) is 0 Å². The van der Waals surface area contributed by atoms with E-state index in [0.717, 1.165) is 5.56 Å². The van der Waals surface area contributed by atoms with E-state index in [2.05, 4.69) is 4.98 Å². The number of halogens is 2. The molecular formula is C14H15Cl2N3O. The molecule has 0 saturated heterocycles. The van der Waals surface area contributed by atoms with Crippen LogP contribution in [0.5, 0.6) is 0 Å². The van der Waals surface area contributed by atoms with E-state index in [1.807, 2.05) is 30.3 Å². The Bertz CT molecular complexity index is 564. The van der Waals surface area contributed by atoms with Gasteiger partial charge in [-0.05, 0) is 11.6 Å². The van der Waals surface area contributed by atoms with Gasteiger partial charge in [0.05, 0.1) is 5.02 Å². The first-order chi connectivity index (χ1) is 9.61. The second kappa shape index (κ2) is 6.79. The molecule has 3 N–H and O–H groups in total. The van der Waals surface area contributed by atoms with Gasteiger partial charge in [0.15, 0.2) is 0 Å². The second-order valence-electron chi connectivity index (χ2n) is 4.35. The van der Waals surface area contributed by atoms with E-state index in [4.69, 9.17) is 28.9 Å². The molecule has 0 saturated carbocycles. The highest BCUT2D eigenvalue weighted by atomic mass is 35.5. The van der Waals surface area contributed by atoms with Crippen LogP contribution in [0.3, 0.4) is 0 Å². The fourth-order valence-corrected chi connectivity index (χ4v) is 2.21. The van der Waals surface area contributed by atoms with Crippen LogP contribution in [0.2, 0.25) is 10.2 Å². The van der Waals surface area contributed by atoms with Crippen molar-refractivity contribution in [3.05, 3.63) is 57.8 Å². The van der Waals surface area contributed by atoms with Gasteiger partial charge >= 0.3 is 0 Å². The maximum atomic E-state index is 12.4. The minimum absolute atomic E-state index is 0.173. The molecular weight excluding hydrogens is 297 g/mol. The van der Waals surface area contributed by atoms with Crippen molar-refractivity contribution < 1.29 is 4.79 Å². The zero-order valence-electron chi connectivity index (χ0n) is 10.8. The Morgan fingerprint density at radius 2 is 1.95 bits per heavy atom. The predicted octanol–water partition coefficient (Wildman–Crippen LogP) is 2.92. The van der Waals surface area contributed by atoms with Crippen LogP contribution in [0.25, 0.3) is 0 Å². The monoisotopic (exact) mass is 311 g/mol. The van der Waals surface area contributed by atoms with Crippen LogP contribution in [-0.4, -0.2) is 28.9 Å². The van der Waals surface area contributed by atoms with E-state index in [-0.39, 0.29) is 11.1 Å². The topological polar surface area (TPSA) is 62.1 Å². The summed E-state index contributed by atoms with van der Waals surface area (Å²) in [5.74, 6) is -0.173. The van der Waals surface area contributed by atoms with Crippen LogP contribution < -0.4 is 5.73 Å². The Morgan fingerprint density at radius 1 is 1.25 bits per heavy atom. The van der Waals surface area contributed by atoms with Crippen LogP contribution in [0.4, 0.5) is 0 Å². The molecule has 106 valence electrons. The average molecular weight is 312 g/mol. The summed E-state index contributed by atoms with van der Waals surface area (Å²) in [5.41, 5.74) is 6.98. The molecule has 1 heterocycles. The number of aromatic nitrogens is 1. The number of hydrogen-bond donors (Lipinski definition) is 2. The molecule has 0 aliphatic rings. The van der Waals surface area contributed by atoms with Gasteiger partial charge in [0, 0.05) is 19.6 Å². The van der Waals surface area contributed by atoms with Gasteiger partial charge in [-0.3, -0.25) is 4.79 Å². The molecule has 6 heteroatoms. The molecule has 1 amide bonds. The number of hydrogen-bond acceptors (Lipinski definition) is 2. The fraction of sp³-hybridized carbons (Fsp3) is 0.214. The third-order valence-electron chi connectivity index (χ3n) is 2.86. The van der Waals surface area contributed by atoms with Crippen LogP contribution in [-0.2, 0) is 6.54 Å². The number of benzene rings is 1. The van der Waals surface area contributed by atoms with E-state index in [0.29, 0.717) is 30.4 Å². The number of amides is 1. The lowest BCUT2D eigenvalue weighted by Crippen LogP contribution is -2.35. The lowest BCUT2D eigenvalue weighted by atomic mass is 10.2. The minimum atomic E-state index is -0.173. The molecule has 0 radical (unpaired) electrons. The van der Waals surface area contributed by atoms with Crippen molar-refractivity contribution in [2.45, 2.75) is 6.54 Å². The average Bonchev–Trinajstić information content (AvgIpc) is 2.78. The Morgan fingerprint density at radius 3 is 2.50 bits per heavy atom. The minimum Gasteiger partial charge on any atom is -0.340 e. The largest absolute Gasteiger partial charge is 0.340 e. The van der Waals surface area contributed by atoms with Crippen molar-refractivity contribution in [3.63, 3.8) is 0 Å². The summed E-state index contributed by atoms with van der Waals surface area (Å²) in [6.07, 6.45) is 0. The highest BCUT2D eigenvalue weighted by molar-refractivity contribution is 6.41. The Kier molecular flexibility index (Phi) is 5.06. The Hall–Kier alpha value is -1.49. The van der Waals surface area contributed by atoms with Crippen molar-refractivity contribution >= 4 is 29.1 Å². The smallest absolute Gasteiger partial charge is 0.270 e. The predicted molar refractivity (Wildman–Crippen MR) is 81.0 cm³/mol. The SMILES string of the molecule is NCCN(Cc1ccccc1)C(=O)c1cc(Cl)c(Cl)[nH]1. The molecule has 4 nitrogen and oxygen atoms in total. The van der Waals surface area contributed by atoms with Crippen molar-refractivity contribution in [2.75, 3.05) is 13.1 Å². The number of rotatable bonds is 5. The lowest BCUT2D eigenvalue weighted by Gasteiger charge is -2.21. The van der Waals surface area contributed by atoms with Crippen LogP contribution in [0, 0.1) is 0 Å². The van der Waals surface area contributed by atoms with Crippen molar-refractivity contribution in [1.29, 1.82) is 0 Å². The van der Waals surface area contributed by atoms with Gasteiger partial charge in [0.25, 0.3) is 5.91 Å². The summed E-state index contributed by atoms with van der Waals surface area (Å²) in [7, 11) is 0. The van der Waals surface area contributed by atoms with Crippen molar-refractivity contribution in [2.24, 2.45) is 5.73 Å². The maximum absolute atomic E-state index is 12.4. The first-order valence-corrected chi connectivity index (χ1v) is 6.94. The molecule has 2 rings (SSSR count). The summed E-state index contributed by atoms with van der Waals surface area (Å²) >= 11 is 11.7. The van der Waals surface area contributed by atoms with E-state index in [1.165, 1.54) is 6.07 Å². The van der Waals surface area contributed by atoms with Gasteiger partial charge in [-0.15, -0.1) is 0 Å². The highest BCUT2D eigenvalue weighted by Gasteiger charge is 2.18. The normalized spacial score (nSPS) is 10.6. The van der Waals surface area contributed by atoms with E-state index < -0.39 is 0 Å². The molecule has 20 heavy (non-hydrogen) atoms. The van der Waals surface area contributed by atoms with E-state index in [1.54, 1.807) is 4.90 Å². The number of nitrogens with zero attached hydrogens (tertiary/aromatic N) is 1. The summed E-state index contributed by atoms with van der Waals surface area (Å²) < 4.78 is 0. The van der Waals surface area contributed by atoms with Crippen LogP contribution >= 0.6 is 23.2 Å². The second-order valence-corrected chi connectivity index (χ2v) is 5.13. The van der Waals surface area contributed by atoms with E-state index in [9.17, 15) is 4.79 Å². The van der Waals surface area contributed by atoms with Gasteiger partial charge in [-0.1, -0.05) is 53.5 Å². The third kappa shape index (κ3) is 3.54. The lowest BCUT2D eigenvalue weighted by molar-refractivity contribution is 0.0743. The number of carbonyl (C=O) groups is 1. The summed E-state index contributed by atoms with van der Waals surface area (Å²) in [4.78, 5) is 16.9. The highest BCUT2D eigenvalue weighted by Crippen LogP contribution is 2.23. The summed E-state index contributed by atoms with van der Waals surface area (Å²) in [6.45, 7) is 1.34. The zero-order valence-corrected chi connectivity index (χ0v) is 12.3. The quantitative estimate of drug-likeness (QED) is 0.891. The molecule has 0 aliphatic heterocycles. The first kappa shape index (κ1) is 14.9. The standard InChI is InChI=1S/C14H15Cl2N3O/c15-11-8-12(18-13(11)16)14(20)19(7-6-17)9-10-4-2-1-3-5-10/h1-5,8,18H,6-7,9,17H2. The number of carbonyl (C=O) groups excluding carboxylic acids is 1. The molecule has 0 fully saturated rings. The molecule has 1 aromatic carbocycles. The van der Waals surface area contributed by atoms with Gasteiger partial charge in [0.1, 0.15) is 10.8 Å². The Labute approximate surface area is 127 Å². The molecule has 0 bridgehead atoms. The van der Waals surface area contributed by atoms with Gasteiger partial charge in [0.2, 0.25) is 0 Å². The van der Waals surface area contributed by atoms with Gasteiger partial charge in [-0.2, -0.15) is 0 Å². The molecule has 0 aliphatic carbocycles. The molecule has 0 spiro atoms. The third-order valence-corrected chi connectivity index (χ3v) is 3.55. The van der Waals surface area contributed by atoms with Gasteiger partial charge < -0.3 is 15.6 Å². The van der Waals surface area contributed by atoms with Gasteiger partial charge in [-0.25, -0.2) is 0 Å². The van der Waals surface area contributed by atoms with Crippen LogP contribution in [0.1, 0.15) is 16.1 Å². The van der Waals surface area contributed by atoms with Crippen molar-refractivity contribution in [1.82, 2.24) is 9.88 Å². The zero-order chi connectivity index (χ0) is 14.5. The number of aromatic amines is 1. The maximum Gasteiger partial charge on any atom is 0.270 e. The fourth-order valence-electron chi connectivity index (χ4n) is 1.90. The molecule has 1 aromatic heterocycles. The van der Waals surface area contributed by atoms with E-state index >= 15 is 0 Å². The first-order valence-electron chi connectivity index (χ1n) is 6.19. The Balaban J connectivity index is 2.17. The number of nitrogens with two attached hydrogens (primary N) is 1. The molecule has 0 unspecified atom stereocenters. The van der Waals surface area contributed by atoms with Crippen LogP contribution in [0.15, 0.2) is 36.4 Å². The molecule has 2 aromatic rings. The summed E-state index contributed by atoms with van der Waals surface area (Å²) in [6, 6.07) is 11.3. The number of nitrogens with one attached hydrogen (secondary N) is 1. The number of H-pyrrole nitrogens is 1. The molecule has 0 atom stereocenters. The summed E-state index contributed by atoms with van der Waals surface area (Å²) in [5, 5.41) is 0.602.